The minimum atomic E-state index is -0.948. The van der Waals surface area contributed by atoms with E-state index < -0.39 is 6.17 Å². The van der Waals surface area contributed by atoms with E-state index in [9.17, 15) is 13.6 Å². The molecule has 0 saturated carbocycles. The highest BCUT2D eigenvalue weighted by atomic mass is 19.1. The third kappa shape index (κ3) is 3.34. The number of pyridine rings is 1. The third-order valence-corrected chi connectivity index (χ3v) is 5.79. The average molecular weight is 398 g/mol. The number of amides is 1. The van der Waals surface area contributed by atoms with Gasteiger partial charge >= 0.3 is 0 Å². The lowest BCUT2D eigenvalue weighted by molar-refractivity contribution is 0.0400. The number of carbonyl (C=O) groups is 1. The van der Waals surface area contributed by atoms with E-state index in [1.54, 1.807) is 25.3 Å². The maximum atomic E-state index is 14.0. The minimum Gasteiger partial charge on any atom is -0.378 e. The average Bonchev–Trinajstić information content (AvgIpc) is 2.96. The van der Waals surface area contributed by atoms with Crippen molar-refractivity contribution in [1.29, 1.82) is 0 Å². The Bertz CT molecular complexity index is 1120. The predicted octanol–water partition coefficient (Wildman–Crippen LogP) is 4.11. The summed E-state index contributed by atoms with van der Waals surface area (Å²) in [7, 11) is 0. The highest BCUT2D eigenvalue weighted by Crippen LogP contribution is 2.26. The van der Waals surface area contributed by atoms with Gasteiger partial charge in [0.25, 0.3) is 5.91 Å². The van der Waals surface area contributed by atoms with Gasteiger partial charge in [0.2, 0.25) is 0 Å². The molecule has 1 aliphatic heterocycles. The van der Waals surface area contributed by atoms with E-state index in [1.165, 1.54) is 11.0 Å². The second-order valence-electron chi connectivity index (χ2n) is 7.75. The van der Waals surface area contributed by atoms with Crippen molar-refractivity contribution in [3.63, 3.8) is 0 Å². The monoisotopic (exact) mass is 398 g/mol. The largest absolute Gasteiger partial charge is 0.378 e. The third-order valence-electron chi connectivity index (χ3n) is 5.79. The number of aryl methyl sites for hydroxylation is 3. The SMILES string of the molecule is Cc1ccc(F)c(C)c1CNc1cc(C(=O)N2CC(F)C2)cn2c(C)c(C)nc12. The van der Waals surface area contributed by atoms with E-state index in [2.05, 4.69) is 10.3 Å². The first kappa shape index (κ1) is 19.4. The Morgan fingerprint density at radius 1 is 1.24 bits per heavy atom. The van der Waals surface area contributed by atoms with Crippen LogP contribution < -0.4 is 5.32 Å². The molecule has 0 unspecified atom stereocenters. The van der Waals surface area contributed by atoms with Crippen molar-refractivity contribution in [2.24, 2.45) is 0 Å². The van der Waals surface area contributed by atoms with Crippen LogP contribution in [0.3, 0.4) is 0 Å². The van der Waals surface area contributed by atoms with Crippen molar-refractivity contribution < 1.29 is 13.6 Å². The zero-order valence-corrected chi connectivity index (χ0v) is 17.0. The molecule has 0 spiro atoms. The number of aromatic nitrogens is 2. The lowest BCUT2D eigenvalue weighted by Gasteiger charge is -2.34. The lowest BCUT2D eigenvalue weighted by Crippen LogP contribution is -2.51. The molecule has 0 bridgehead atoms. The molecule has 29 heavy (non-hydrogen) atoms. The summed E-state index contributed by atoms with van der Waals surface area (Å²) < 4.78 is 29.1. The Balaban J connectivity index is 1.72. The number of carbonyl (C=O) groups excluding carboxylic acids is 1. The first-order chi connectivity index (χ1) is 13.8. The fraction of sp³-hybridized carbons (Fsp3) is 0.364. The molecule has 7 heteroatoms. The van der Waals surface area contributed by atoms with Crippen molar-refractivity contribution in [3.05, 3.63) is 63.9 Å². The van der Waals surface area contributed by atoms with Gasteiger partial charge in [-0.05, 0) is 56.5 Å². The van der Waals surface area contributed by atoms with Gasteiger partial charge in [-0.25, -0.2) is 13.8 Å². The van der Waals surface area contributed by atoms with E-state index in [1.807, 2.05) is 25.2 Å². The summed E-state index contributed by atoms with van der Waals surface area (Å²) in [4.78, 5) is 18.9. The van der Waals surface area contributed by atoms with Crippen molar-refractivity contribution in [2.45, 2.75) is 40.4 Å². The van der Waals surface area contributed by atoms with Crippen LogP contribution in [0.5, 0.6) is 0 Å². The first-order valence-corrected chi connectivity index (χ1v) is 9.67. The number of hydrogen-bond donors (Lipinski definition) is 1. The second kappa shape index (κ2) is 7.13. The fourth-order valence-corrected chi connectivity index (χ4v) is 3.71. The summed E-state index contributed by atoms with van der Waals surface area (Å²) in [5, 5.41) is 3.34. The molecule has 152 valence electrons. The normalized spacial score (nSPS) is 14.3. The number of likely N-dealkylation sites (tertiary alicyclic amines) is 1. The number of hydrogen-bond acceptors (Lipinski definition) is 3. The summed E-state index contributed by atoms with van der Waals surface area (Å²) in [6.45, 7) is 8.22. The molecular formula is C22H24F2N4O. The predicted molar refractivity (Wildman–Crippen MR) is 109 cm³/mol. The summed E-state index contributed by atoms with van der Waals surface area (Å²) in [5.41, 5.74) is 6.13. The highest BCUT2D eigenvalue weighted by Gasteiger charge is 2.31. The van der Waals surface area contributed by atoms with Crippen LogP contribution in [-0.2, 0) is 6.54 Å². The number of nitrogens with one attached hydrogen (secondary N) is 1. The van der Waals surface area contributed by atoms with Gasteiger partial charge in [-0.1, -0.05) is 6.07 Å². The molecule has 1 N–H and O–H groups in total. The maximum absolute atomic E-state index is 14.0. The molecule has 2 aromatic heterocycles. The van der Waals surface area contributed by atoms with Crippen molar-refractivity contribution in [2.75, 3.05) is 18.4 Å². The maximum Gasteiger partial charge on any atom is 0.255 e. The van der Waals surface area contributed by atoms with E-state index >= 15 is 0 Å². The number of fused-ring (bicyclic) bond motifs is 1. The topological polar surface area (TPSA) is 49.6 Å². The van der Waals surface area contributed by atoms with Gasteiger partial charge in [-0.2, -0.15) is 0 Å². The quantitative estimate of drug-likeness (QED) is 0.720. The number of alkyl halides is 1. The van der Waals surface area contributed by atoms with Crippen LogP contribution >= 0.6 is 0 Å². The van der Waals surface area contributed by atoms with Gasteiger partial charge in [-0.15, -0.1) is 0 Å². The Kier molecular flexibility index (Phi) is 4.76. The molecule has 1 amide bonds. The second-order valence-corrected chi connectivity index (χ2v) is 7.75. The van der Waals surface area contributed by atoms with Crippen LogP contribution in [0.15, 0.2) is 24.4 Å². The molecule has 4 rings (SSSR count). The zero-order valence-electron chi connectivity index (χ0n) is 17.0. The zero-order chi connectivity index (χ0) is 20.9. The van der Waals surface area contributed by atoms with Crippen LogP contribution in [-0.4, -0.2) is 39.5 Å². The van der Waals surface area contributed by atoms with Gasteiger partial charge in [0.05, 0.1) is 30.0 Å². The van der Waals surface area contributed by atoms with E-state index in [0.717, 1.165) is 22.5 Å². The smallest absolute Gasteiger partial charge is 0.255 e. The number of anilines is 1. The number of nitrogens with zero attached hydrogens (tertiary/aromatic N) is 3. The number of imidazole rings is 1. The number of benzene rings is 1. The number of rotatable bonds is 4. The summed E-state index contributed by atoms with van der Waals surface area (Å²) in [6.07, 6.45) is 0.805. The van der Waals surface area contributed by atoms with Gasteiger partial charge in [-0.3, -0.25) is 4.79 Å². The molecule has 0 radical (unpaired) electrons. The van der Waals surface area contributed by atoms with Crippen LogP contribution in [0.2, 0.25) is 0 Å². The summed E-state index contributed by atoms with van der Waals surface area (Å²) in [5.74, 6) is -0.444. The van der Waals surface area contributed by atoms with E-state index in [0.29, 0.717) is 29.0 Å². The van der Waals surface area contributed by atoms with E-state index in [4.69, 9.17) is 0 Å². The Morgan fingerprint density at radius 2 is 1.97 bits per heavy atom. The van der Waals surface area contributed by atoms with Gasteiger partial charge in [0.1, 0.15) is 12.0 Å². The standard InChI is InChI=1S/C22H24F2N4O/c1-12-5-6-19(24)13(2)18(12)8-25-20-7-16(22(29)27-10-17(23)11-27)9-28-15(4)14(3)26-21(20)28/h5-7,9,17,25H,8,10-11H2,1-4H3. The minimum absolute atomic E-state index is 0.128. The van der Waals surface area contributed by atoms with Crippen molar-refractivity contribution in [1.82, 2.24) is 14.3 Å². The Hall–Kier alpha value is -2.96. The molecule has 1 fully saturated rings. The van der Waals surface area contributed by atoms with E-state index in [-0.39, 0.29) is 24.8 Å². The molecule has 1 saturated heterocycles. The summed E-state index contributed by atoms with van der Waals surface area (Å²) in [6, 6.07) is 4.98. The van der Waals surface area contributed by atoms with Gasteiger partial charge < -0.3 is 14.6 Å². The van der Waals surface area contributed by atoms with Gasteiger partial charge in [0.15, 0.2) is 5.65 Å². The lowest BCUT2D eigenvalue weighted by atomic mass is 10.0. The Morgan fingerprint density at radius 3 is 2.66 bits per heavy atom. The van der Waals surface area contributed by atoms with Crippen LogP contribution in [0.4, 0.5) is 14.5 Å². The molecule has 0 atom stereocenters. The first-order valence-electron chi connectivity index (χ1n) is 9.67. The van der Waals surface area contributed by atoms with Crippen molar-refractivity contribution >= 4 is 17.2 Å². The molecule has 5 nitrogen and oxygen atoms in total. The van der Waals surface area contributed by atoms with Crippen LogP contribution in [0.25, 0.3) is 5.65 Å². The summed E-state index contributed by atoms with van der Waals surface area (Å²) >= 11 is 0. The molecule has 1 aliphatic rings. The molecule has 1 aromatic carbocycles. The van der Waals surface area contributed by atoms with Crippen LogP contribution in [0, 0.1) is 33.5 Å². The molecule has 3 heterocycles. The van der Waals surface area contributed by atoms with Gasteiger partial charge in [0, 0.05) is 18.4 Å². The number of halogens is 2. The Labute approximate surface area is 168 Å². The molecule has 0 aliphatic carbocycles. The molecule has 3 aromatic rings. The fourth-order valence-electron chi connectivity index (χ4n) is 3.71. The highest BCUT2D eigenvalue weighted by molar-refractivity contribution is 5.96. The van der Waals surface area contributed by atoms with Crippen molar-refractivity contribution in [3.8, 4) is 0 Å². The molecular weight excluding hydrogens is 374 g/mol. The van der Waals surface area contributed by atoms with Crippen LogP contribution in [0.1, 0.15) is 38.4 Å².